The Labute approximate surface area is 122 Å². The lowest BCUT2D eigenvalue weighted by Gasteiger charge is -2.29. The van der Waals surface area contributed by atoms with Crippen LogP contribution in [-0.4, -0.2) is 56.3 Å². The highest BCUT2D eigenvalue weighted by atomic mass is 16.3. The van der Waals surface area contributed by atoms with Crippen LogP contribution in [0.2, 0.25) is 0 Å². The van der Waals surface area contributed by atoms with Gasteiger partial charge in [-0.1, -0.05) is 18.6 Å². The van der Waals surface area contributed by atoms with Crippen molar-refractivity contribution >= 4 is 5.69 Å². The molecule has 4 heteroatoms. The van der Waals surface area contributed by atoms with E-state index in [1.807, 2.05) is 18.2 Å². The van der Waals surface area contributed by atoms with E-state index in [4.69, 9.17) is 0 Å². The molecule has 1 aromatic carbocycles. The number of piperazine rings is 1. The van der Waals surface area contributed by atoms with Crippen LogP contribution in [0.25, 0.3) is 0 Å². The fraction of sp³-hybridized carbons (Fsp3) is 0.625. The van der Waals surface area contributed by atoms with E-state index in [9.17, 15) is 5.11 Å². The Kier molecular flexibility index (Phi) is 6.15. The second-order valence-corrected chi connectivity index (χ2v) is 5.59. The average molecular weight is 277 g/mol. The van der Waals surface area contributed by atoms with Gasteiger partial charge in [0.2, 0.25) is 0 Å². The summed E-state index contributed by atoms with van der Waals surface area (Å²) in [5.41, 5.74) is 0.948. The topological polar surface area (TPSA) is 38.7 Å². The molecule has 2 saturated heterocycles. The summed E-state index contributed by atoms with van der Waals surface area (Å²) >= 11 is 0. The Morgan fingerprint density at radius 3 is 2.15 bits per heavy atom. The normalized spacial score (nSPS) is 20.1. The number of anilines is 1. The Hall–Kier alpha value is -1.26. The van der Waals surface area contributed by atoms with Gasteiger partial charge in [-0.25, -0.2) is 0 Å². The molecule has 0 atom stereocenters. The van der Waals surface area contributed by atoms with E-state index in [0.717, 1.165) is 31.9 Å². The Morgan fingerprint density at radius 2 is 1.60 bits per heavy atom. The van der Waals surface area contributed by atoms with Gasteiger partial charge >= 0.3 is 0 Å². The van der Waals surface area contributed by atoms with Gasteiger partial charge in [0.15, 0.2) is 0 Å². The van der Waals surface area contributed by atoms with E-state index in [0.29, 0.717) is 5.75 Å². The number of piperidine rings is 1. The number of benzene rings is 1. The van der Waals surface area contributed by atoms with Crippen LogP contribution in [0.15, 0.2) is 24.3 Å². The van der Waals surface area contributed by atoms with Crippen molar-refractivity contribution < 1.29 is 5.11 Å². The molecule has 0 aliphatic carbocycles. The van der Waals surface area contributed by atoms with Gasteiger partial charge in [-0.2, -0.15) is 0 Å². The van der Waals surface area contributed by atoms with Crippen LogP contribution in [0.5, 0.6) is 5.75 Å². The summed E-state index contributed by atoms with van der Waals surface area (Å²) in [5.74, 6) is 0.379. The Balaban J connectivity index is 0.000000178. The smallest absolute Gasteiger partial charge is 0.138 e. The molecule has 0 saturated carbocycles. The largest absolute Gasteiger partial charge is 0.506 e. The first kappa shape index (κ1) is 15.1. The molecule has 0 aromatic heterocycles. The van der Waals surface area contributed by atoms with Crippen molar-refractivity contribution in [1.29, 1.82) is 0 Å². The molecule has 1 aromatic rings. The third-order valence-corrected chi connectivity index (χ3v) is 3.92. The summed E-state index contributed by atoms with van der Waals surface area (Å²) in [6.45, 7) is 6.57. The molecule has 2 N–H and O–H groups in total. The van der Waals surface area contributed by atoms with E-state index >= 15 is 0 Å². The Bertz CT molecular complexity index is 385. The number of nitrogens with zero attached hydrogens (tertiary/aromatic N) is 2. The van der Waals surface area contributed by atoms with Crippen molar-refractivity contribution in [3.63, 3.8) is 0 Å². The standard InChI is InChI=1S/C10H14N2O.C6H13N/c13-10-4-2-1-3-9(10)12-7-5-11-6-8-12;1-7-5-3-2-4-6-7/h1-4,11,13H,5-8H2;2-6H2,1H3. The average Bonchev–Trinajstić information content (AvgIpc) is 2.50. The third-order valence-electron chi connectivity index (χ3n) is 3.92. The second-order valence-electron chi connectivity index (χ2n) is 5.59. The predicted octanol–water partition coefficient (Wildman–Crippen LogP) is 1.90. The third kappa shape index (κ3) is 4.69. The van der Waals surface area contributed by atoms with Gasteiger partial charge in [-0.05, 0) is 45.1 Å². The van der Waals surface area contributed by atoms with Crippen molar-refractivity contribution in [2.24, 2.45) is 0 Å². The van der Waals surface area contributed by atoms with Crippen LogP contribution in [0.1, 0.15) is 19.3 Å². The second kappa shape index (κ2) is 8.12. The molecule has 2 heterocycles. The van der Waals surface area contributed by atoms with Crippen LogP contribution in [0.3, 0.4) is 0 Å². The van der Waals surface area contributed by atoms with Crippen LogP contribution >= 0.6 is 0 Å². The van der Waals surface area contributed by atoms with Crippen LogP contribution in [0, 0.1) is 0 Å². The molecule has 2 aliphatic heterocycles. The van der Waals surface area contributed by atoms with Gasteiger partial charge in [-0.15, -0.1) is 0 Å². The molecule has 0 unspecified atom stereocenters. The number of hydrogen-bond donors (Lipinski definition) is 2. The van der Waals surface area contributed by atoms with Crippen molar-refractivity contribution in [3.8, 4) is 5.75 Å². The first-order valence-corrected chi connectivity index (χ1v) is 7.69. The summed E-state index contributed by atoms with van der Waals surface area (Å²) < 4.78 is 0. The first-order chi connectivity index (χ1) is 9.77. The summed E-state index contributed by atoms with van der Waals surface area (Å²) in [4.78, 5) is 4.59. The highest BCUT2D eigenvalue weighted by Gasteiger charge is 2.12. The van der Waals surface area contributed by atoms with Gasteiger partial charge in [0.25, 0.3) is 0 Å². The van der Waals surface area contributed by atoms with Crippen LogP contribution < -0.4 is 10.2 Å². The minimum atomic E-state index is 0.379. The van der Waals surface area contributed by atoms with Gasteiger partial charge in [-0.3, -0.25) is 0 Å². The molecule has 0 amide bonds. The maximum absolute atomic E-state index is 9.60. The maximum atomic E-state index is 9.60. The summed E-state index contributed by atoms with van der Waals surface area (Å²) in [5, 5.41) is 12.9. The zero-order chi connectivity index (χ0) is 14.2. The lowest BCUT2D eigenvalue weighted by atomic mass is 10.1. The number of phenolic OH excluding ortho intramolecular Hbond substituents is 1. The highest BCUT2D eigenvalue weighted by Crippen LogP contribution is 2.26. The van der Waals surface area contributed by atoms with E-state index in [-0.39, 0.29) is 0 Å². The van der Waals surface area contributed by atoms with Gasteiger partial charge in [0, 0.05) is 26.2 Å². The minimum absolute atomic E-state index is 0.379. The zero-order valence-corrected chi connectivity index (χ0v) is 12.5. The highest BCUT2D eigenvalue weighted by molar-refractivity contribution is 5.57. The lowest BCUT2D eigenvalue weighted by Crippen LogP contribution is -2.43. The zero-order valence-electron chi connectivity index (χ0n) is 12.5. The van der Waals surface area contributed by atoms with Crippen LogP contribution in [-0.2, 0) is 0 Å². The molecule has 3 rings (SSSR count). The first-order valence-electron chi connectivity index (χ1n) is 7.69. The fourth-order valence-electron chi connectivity index (χ4n) is 2.69. The van der Waals surface area contributed by atoms with Gasteiger partial charge in [0.1, 0.15) is 5.75 Å². The molecular weight excluding hydrogens is 250 g/mol. The molecule has 2 fully saturated rings. The molecule has 2 aliphatic rings. The van der Waals surface area contributed by atoms with Crippen molar-refractivity contribution in [2.45, 2.75) is 19.3 Å². The van der Waals surface area contributed by atoms with Gasteiger partial charge < -0.3 is 20.2 Å². The number of phenols is 1. The molecule has 112 valence electrons. The minimum Gasteiger partial charge on any atom is -0.506 e. The molecule has 20 heavy (non-hydrogen) atoms. The molecule has 4 nitrogen and oxygen atoms in total. The monoisotopic (exact) mass is 277 g/mol. The van der Waals surface area contributed by atoms with Crippen LogP contribution in [0.4, 0.5) is 5.69 Å². The molecule has 0 spiro atoms. The van der Waals surface area contributed by atoms with E-state index in [1.54, 1.807) is 6.07 Å². The van der Waals surface area contributed by atoms with Gasteiger partial charge in [0.05, 0.1) is 5.69 Å². The number of nitrogens with one attached hydrogen (secondary N) is 1. The summed E-state index contributed by atoms with van der Waals surface area (Å²) in [6.07, 6.45) is 4.28. The SMILES string of the molecule is CN1CCCCC1.Oc1ccccc1N1CCNCC1. The fourth-order valence-corrected chi connectivity index (χ4v) is 2.69. The summed E-state index contributed by atoms with van der Waals surface area (Å²) in [7, 11) is 2.19. The molecular formula is C16H27N3O. The predicted molar refractivity (Wildman–Crippen MR) is 84.5 cm³/mol. The van der Waals surface area contributed by atoms with E-state index < -0.39 is 0 Å². The van der Waals surface area contributed by atoms with Crippen molar-refractivity contribution in [3.05, 3.63) is 24.3 Å². The summed E-state index contributed by atoms with van der Waals surface area (Å²) in [6, 6.07) is 7.50. The van der Waals surface area contributed by atoms with Crippen molar-refractivity contribution in [2.75, 3.05) is 51.2 Å². The lowest BCUT2D eigenvalue weighted by molar-refractivity contribution is 0.277. The maximum Gasteiger partial charge on any atom is 0.138 e. The number of likely N-dealkylation sites (tertiary alicyclic amines) is 1. The molecule has 0 radical (unpaired) electrons. The number of aromatic hydroxyl groups is 1. The van der Waals surface area contributed by atoms with E-state index in [2.05, 4.69) is 22.2 Å². The van der Waals surface area contributed by atoms with E-state index in [1.165, 1.54) is 32.4 Å². The number of para-hydroxylation sites is 2. The Morgan fingerprint density at radius 1 is 0.950 bits per heavy atom. The number of rotatable bonds is 1. The quantitative estimate of drug-likeness (QED) is 0.822. The molecule has 0 bridgehead atoms. The number of hydrogen-bond acceptors (Lipinski definition) is 4. The van der Waals surface area contributed by atoms with Crippen molar-refractivity contribution in [1.82, 2.24) is 10.2 Å².